The van der Waals surface area contributed by atoms with E-state index in [4.69, 9.17) is 9.47 Å². The summed E-state index contributed by atoms with van der Waals surface area (Å²) in [6.07, 6.45) is 2.18. The van der Waals surface area contributed by atoms with E-state index in [1.165, 1.54) is 0 Å². The third-order valence-electron chi connectivity index (χ3n) is 4.01. The topological polar surface area (TPSA) is 65.4 Å². The fourth-order valence-corrected chi connectivity index (χ4v) is 2.77. The number of nitrogens with zero attached hydrogens (tertiary/aromatic N) is 2. The molecule has 1 aromatic carbocycles. The summed E-state index contributed by atoms with van der Waals surface area (Å²) in [6.45, 7) is 1.32. The maximum absolute atomic E-state index is 12.4. The first kappa shape index (κ1) is 15.6. The van der Waals surface area contributed by atoms with Crippen LogP contribution in [0.5, 0.6) is 5.75 Å². The fraction of sp³-hybridized carbons (Fsp3) is 0.412. The van der Waals surface area contributed by atoms with Gasteiger partial charge in [0.05, 0.1) is 18.9 Å². The van der Waals surface area contributed by atoms with Crippen LogP contribution < -0.4 is 10.1 Å². The second kappa shape index (κ2) is 6.83. The first-order valence-corrected chi connectivity index (χ1v) is 7.76. The van der Waals surface area contributed by atoms with Crippen LogP contribution in [0.4, 0.5) is 0 Å². The van der Waals surface area contributed by atoms with E-state index < -0.39 is 0 Å². The molecule has 0 spiro atoms. The van der Waals surface area contributed by atoms with E-state index >= 15 is 0 Å². The zero-order valence-electron chi connectivity index (χ0n) is 13.4. The average Bonchev–Trinajstić information content (AvgIpc) is 3.22. The summed E-state index contributed by atoms with van der Waals surface area (Å²) in [4.78, 5) is 12.4. The Morgan fingerprint density at radius 2 is 2.30 bits per heavy atom. The molecule has 1 N–H and O–H groups in total. The second-order valence-electron chi connectivity index (χ2n) is 5.58. The van der Waals surface area contributed by atoms with Crippen LogP contribution in [0, 0.1) is 0 Å². The number of methoxy groups -OCH3 is 1. The molecule has 6 heteroatoms. The molecule has 1 atom stereocenters. The van der Waals surface area contributed by atoms with E-state index in [-0.39, 0.29) is 12.0 Å². The predicted molar refractivity (Wildman–Crippen MR) is 86.5 cm³/mol. The molecule has 122 valence electrons. The van der Waals surface area contributed by atoms with Gasteiger partial charge in [-0.2, -0.15) is 5.10 Å². The van der Waals surface area contributed by atoms with Crippen LogP contribution in [0.2, 0.25) is 0 Å². The quantitative estimate of drug-likeness (QED) is 0.916. The van der Waals surface area contributed by atoms with Crippen molar-refractivity contribution in [3.63, 3.8) is 0 Å². The van der Waals surface area contributed by atoms with Gasteiger partial charge in [0, 0.05) is 25.8 Å². The highest BCUT2D eigenvalue weighted by Gasteiger charge is 2.19. The first-order valence-electron chi connectivity index (χ1n) is 7.76. The minimum absolute atomic E-state index is 0.126. The highest BCUT2D eigenvalue weighted by atomic mass is 16.5. The average molecular weight is 315 g/mol. The van der Waals surface area contributed by atoms with Gasteiger partial charge < -0.3 is 14.8 Å². The molecule has 1 unspecified atom stereocenters. The van der Waals surface area contributed by atoms with Crippen molar-refractivity contribution in [1.82, 2.24) is 15.1 Å². The van der Waals surface area contributed by atoms with Gasteiger partial charge in [-0.15, -0.1) is 0 Å². The van der Waals surface area contributed by atoms with Gasteiger partial charge in [-0.1, -0.05) is 12.1 Å². The monoisotopic (exact) mass is 315 g/mol. The van der Waals surface area contributed by atoms with Gasteiger partial charge in [0.15, 0.2) is 0 Å². The second-order valence-corrected chi connectivity index (χ2v) is 5.58. The molecule has 1 fully saturated rings. The van der Waals surface area contributed by atoms with Crippen LogP contribution in [-0.2, 0) is 11.8 Å². The number of carbonyl (C=O) groups is 1. The maximum atomic E-state index is 12.4. The zero-order chi connectivity index (χ0) is 16.2. The Kier molecular flexibility index (Phi) is 4.62. The molecule has 1 aliphatic heterocycles. The molecule has 0 radical (unpaired) electrons. The molecule has 0 aliphatic carbocycles. The standard InChI is InChI=1S/C17H21N3O3/c1-20-15(17(21)18-11-12-6-5-9-23-12)10-14(19-20)13-7-3-4-8-16(13)22-2/h3-4,7-8,10,12H,5-6,9,11H2,1-2H3,(H,18,21). The number of rotatable bonds is 5. The molecule has 3 rings (SSSR count). The maximum Gasteiger partial charge on any atom is 0.269 e. The Morgan fingerprint density at radius 1 is 1.48 bits per heavy atom. The van der Waals surface area contributed by atoms with Crippen LogP contribution in [0.15, 0.2) is 30.3 Å². The fourth-order valence-electron chi connectivity index (χ4n) is 2.77. The number of nitrogens with one attached hydrogen (secondary N) is 1. The lowest BCUT2D eigenvalue weighted by Crippen LogP contribution is -2.32. The van der Waals surface area contributed by atoms with E-state index in [1.807, 2.05) is 24.3 Å². The lowest BCUT2D eigenvalue weighted by Gasteiger charge is -2.10. The molecule has 0 saturated carbocycles. The Hall–Kier alpha value is -2.34. The Labute approximate surface area is 135 Å². The summed E-state index contributed by atoms with van der Waals surface area (Å²) in [6, 6.07) is 9.41. The number of hydrogen-bond acceptors (Lipinski definition) is 4. The Morgan fingerprint density at radius 3 is 3.04 bits per heavy atom. The largest absolute Gasteiger partial charge is 0.496 e. The Balaban J connectivity index is 1.76. The van der Waals surface area contributed by atoms with Crippen molar-refractivity contribution < 1.29 is 14.3 Å². The van der Waals surface area contributed by atoms with Gasteiger partial charge in [0.1, 0.15) is 11.4 Å². The number of amides is 1. The molecule has 1 saturated heterocycles. The van der Waals surface area contributed by atoms with E-state index in [0.717, 1.165) is 30.8 Å². The zero-order valence-corrected chi connectivity index (χ0v) is 13.4. The smallest absolute Gasteiger partial charge is 0.269 e. The third-order valence-corrected chi connectivity index (χ3v) is 4.01. The van der Waals surface area contributed by atoms with E-state index in [9.17, 15) is 4.79 Å². The minimum Gasteiger partial charge on any atom is -0.496 e. The van der Waals surface area contributed by atoms with Crippen molar-refractivity contribution in [2.45, 2.75) is 18.9 Å². The van der Waals surface area contributed by atoms with Gasteiger partial charge in [-0.05, 0) is 31.0 Å². The molecule has 1 aliphatic rings. The minimum atomic E-state index is -0.142. The van der Waals surface area contributed by atoms with Crippen molar-refractivity contribution in [3.05, 3.63) is 36.0 Å². The number of benzene rings is 1. The van der Waals surface area contributed by atoms with Crippen molar-refractivity contribution in [1.29, 1.82) is 0 Å². The van der Waals surface area contributed by atoms with Gasteiger partial charge in [0.2, 0.25) is 0 Å². The molecule has 23 heavy (non-hydrogen) atoms. The number of carbonyl (C=O) groups excluding carboxylic acids is 1. The summed E-state index contributed by atoms with van der Waals surface area (Å²) in [5.41, 5.74) is 2.10. The normalized spacial score (nSPS) is 17.2. The van der Waals surface area contributed by atoms with E-state index in [1.54, 1.807) is 24.9 Å². The summed E-state index contributed by atoms with van der Waals surface area (Å²) < 4.78 is 12.5. The molecule has 2 heterocycles. The number of ether oxygens (including phenoxy) is 2. The molecule has 6 nitrogen and oxygen atoms in total. The van der Waals surface area contributed by atoms with Crippen molar-refractivity contribution in [3.8, 4) is 17.0 Å². The summed E-state index contributed by atoms with van der Waals surface area (Å²) in [5, 5.41) is 7.35. The van der Waals surface area contributed by atoms with Crippen LogP contribution in [-0.4, -0.2) is 42.1 Å². The lowest BCUT2D eigenvalue weighted by atomic mass is 10.1. The SMILES string of the molecule is COc1ccccc1-c1cc(C(=O)NCC2CCCO2)n(C)n1. The lowest BCUT2D eigenvalue weighted by molar-refractivity contribution is 0.0850. The van der Waals surface area contributed by atoms with Gasteiger partial charge in [-0.3, -0.25) is 9.48 Å². The Bertz CT molecular complexity index is 690. The highest BCUT2D eigenvalue weighted by molar-refractivity contribution is 5.93. The molecule has 2 aromatic rings. The van der Waals surface area contributed by atoms with E-state index in [2.05, 4.69) is 10.4 Å². The number of aromatic nitrogens is 2. The molecule has 1 amide bonds. The van der Waals surface area contributed by atoms with Crippen LogP contribution in [0.1, 0.15) is 23.3 Å². The summed E-state index contributed by atoms with van der Waals surface area (Å²) in [7, 11) is 3.39. The first-order chi connectivity index (χ1) is 11.2. The van der Waals surface area contributed by atoms with Crippen molar-refractivity contribution in [2.75, 3.05) is 20.3 Å². The molecular weight excluding hydrogens is 294 g/mol. The third kappa shape index (κ3) is 3.37. The summed E-state index contributed by atoms with van der Waals surface area (Å²) in [5.74, 6) is 0.591. The molecule has 0 bridgehead atoms. The number of hydrogen-bond donors (Lipinski definition) is 1. The summed E-state index contributed by atoms with van der Waals surface area (Å²) >= 11 is 0. The van der Waals surface area contributed by atoms with E-state index in [0.29, 0.717) is 17.9 Å². The van der Waals surface area contributed by atoms with Gasteiger partial charge in [-0.25, -0.2) is 0 Å². The van der Waals surface area contributed by atoms with Crippen molar-refractivity contribution in [2.24, 2.45) is 7.05 Å². The molecular formula is C17H21N3O3. The van der Waals surface area contributed by atoms with Crippen molar-refractivity contribution >= 4 is 5.91 Å². The molecule has 1 aromatic heterocycles. The van der Waals surface area contributed by atoms with Gasteiger partial charge >= 0.3 is 0 Å². The highest BCUT2D eigenvalue weighted by Crippen LogP contribution is 2.28. The number of para-hydroxylation sites is 1. The number of aryl methyl sites for hydroxylation is 1. The van der Waals surface area contributed by atoms with Gasteiger partial charge in [0.25, 0.3) is 5.91 Å². The van der Waals surface area contributed by atoms with Crippen LogP contribution in [0.3, 0.4) is 0 Å². The van der Waals surface area contributed by atoms with Crippen LogP contribution >= 0.6 is 0 Å². The van der Waals surface area contributed by atoms with Crippen LogP contribution in [0.25, 0.3) is 11.3 Å². The predicted octanol–water partition coefficient (Wildman–Crippen LogP) is 2.00.